The van der Waals surface area contributed by atoms with E-state index in [0.717, 1.165) is 36.2 Å². The molecule has 2 aromatic rings. The molecule has 0 bridgehead atoms. The van der Waals surface area contributed by atoms with E-state index in [4.69, 9.17) is 18.6 Å². The number of hydrogen-bond acceptors (Lipinski definition) is 5. The highest BCUT2D eigenvalue weighted by Gasteiger charge is 2.52. The SMILES string of the molecule is COC(=O)[C@H](CC#CCOC1CCCCO1)O[Si](c1ccccc1)(c1ccccc1)C(C)(C)C. The largest absolute Gasteiger partial charge is 0.467 e. The molecule has 34 heavy (non-hydrogen) atoms. The lowest BCUT2D eigenvalue weighted by Gasteiger charge is -2.44. The lowest BCUT2D eigenvalue weighted by Crippen LogP contribution is -2.68. The van der Waals surface area contributed by atoms with Gasteiger partial charge in [0.2, 0.25) is 0 Å². The summed E-state index contributed by atoms with van der Waals surface area (Å²) in [6, 6.07) is 20.5. The van der Waals surface area contributed by atoms with Gasteiger partial charge in [-0.05, 0) is 34.7 Å². The van der Waals surface area contributed by atoms with Gasteiger partial charge in [0, 0.05) is 13.0 Å². The molecule has 1 fully saturated rings. The van der Waals surface area contributed by atoms with E-state index >= 15 is 0 Å². The third kappa shape index (κ3) is 6.37. The summed E-state index contributed by atoms with van der Waals surface area (Å²) in [7, 11) is -1.52. The molecule has 6 heteroatoms. The predicted octanol–water partition coefficient (Wildman–Crippen LogP) is 4.04. The molecule has 0 radical (unpaired) electrons. The summed E-state index contributed by atoms with van der Waals surface area (Å²) in [4.78, 5) is 12.8. The number of hydrogen-bond donors (Lipinski definition) is 0. The van der Waals surface area contributed by atoms with Crippen molar-refractivity contribution in [1.82, 2.24) is 0 Å². The van der Waals surface area contributed by atoms with Gasteiger partial charge in [-0.2, -0.15) is 0 Å². The Balaban J connectivity index is 1.88. The monoisotopic (exact) mass is 480 g/mol. The van der Waals surface area contributed by atoms with Crippen LogP contribution >= 0.6 is 0 Å². The van der Waals surface area contributed by atoms with Crippen molar-refractivity contribution in [1.29, 1.82) is 0 Å². The number of benzene rings is 2. The number of methoxy groups -OCH3 is 1. The molecule has 182 valence electrons. The minimum atomic E-state index is -2.91. The van der Waals surface area contributed by atoms with Gasteiger partial charge < -0.3 is 18.6 Å². The fourth-order valence-electron chi connectivity index (χ4n) is 4.40. The highest BCUT2D eigenvalue weighted by molar-refractivity contribution is 6.99. The molecule has 3 rings (SSSR count). The average molecular weight is 481 g/mol. The van der Waals surface area contributed by atoms with Crippen molar-refractivity contribution in [2.24, 2.45) is 0 Å². The standard InChI is InChI=1S/C28H36O5Si/c1-28(2,3)34(23-15-7-5-8-16-23,24-17-9-6-10-18-24)33-25(27(29)30-4)19-11-13-21-31-26-20-12-14-22-32-26/h5-10,15-18,25-26H,12,14,19-22H2,1-4H3/t25-,26?/m0/s1. The Bertz CT molecular complexity index is 914. The van der Waals surface area contributed by atoms with E-state index in [2.05, 4.69) is 56.9 Å². The van der Waals surface area contributed by atoms with Crippen LogP contribution in [0.15, 0.2) is 60.7 Å². The summed E-state index contributed by atoms with van der Waals surface area (Å²) in [5, 5.41) is 1.96. The number of esters is 1. The van der Waals surface area contributed by atoms with Crippen LogP contribution in [0.25, 0.3) is 0 Å². The molecule has 1 aliphatic rings. The summed E-state index contributed by atoms with van der Waals surface area (Å²) in [6.45, 7) is 7.53. The van der Waals surface area contributed by atoms with Gasteiger partial charge in [0.15, 0.2) is 12.4 Å². The minimum Gasteiger partial charge on any atom is -0.467 e. The van der Waals surface area contributed by atoms with Crippen molar-refractivity contribution in [2.75, 3.05) is 20.3 Å². The second-order valence-corrected chi connectivity index (χ2v) is 13.7. The molecular formula is C28H36O5Si. The Morgan fingerprint density at radius 2 is 1.65 bits per heavy atom. The summed E-state index contributed by atoms with van der Waals surface area (Å²) in [6.07, 6.45) is 2.30. The van der Waals surface area contributed by atoms with E-state index in [1.807, 2.05) is 36.4 Å². The molecule has 1 unspecified atom stereocenters. The summed E-state index contributed by atoms with van der Waals surface area (Å²) < 4.78 is 23.3. The van der Waals surface area contributed by atoms with Gasteiger partial charge in [-0.15, -0.1) is 0 Å². The molecule has 2 atom stereocenters. The predicted molar refractivity (Wildman–Crippen MR) is 136 cm³/mol. The molecule has 1 saturated heterocycles. The zero-order valence-electron chi connectivity index (χ0n) is 20.7. The Hall–Kier alpha value is -2.43. The summed E-state index contributed by atoms with van der Waals surface area (Å²) in [5.41, 5.74) is 0. The first-order valence-electron chi connectivity index (χ1n) is 11.9. The first-order valence-corrected chi connectivity index (χ1v) is 13.8. The number of rotatable bonds is 8. The highest BCUT2D eigenvalue weighted by atomic mass is 28.4. The van der Waals surface area contributed by atoms with E-state index in [-0.39, 0.29) is 24.4 Å². The molecule has 0 N–H and O–H groups in total. The smallest absolute Gasteiger partial charge is 0.334 e. The van der Waals surface area contributed by atoms with Crippen LogP contribution in [0.5, 0.6) is 0 Å². The number of carbonyl (C=O) groups is 1. The summed E-state index contributed by atoms with van der Waals surface area (Å²) in [5.74, 6) is 5.69. The van der Waals surface area contributed by atoms with E-state index in [1.165, 1.54) is 7.11 Å². The van der Waals surface area contributed by atoms with E-state index in [0.29, 0.717) is 0 Å². The van der Waals surface area contributed by atoms with Crippen molar-refractivity contribution in [3.8, 4) is 11.8 Å². The van der Waals surface area contributed by atoms with Crippen LogP contribution in [0, 0.1) is 11.8 Å². The topological polar surface area (TPSA) is 54.0 Å². The van der Waals surface area contributed by atoms with Crippen LogP contribution in [0.4, 0.5) is 0 Å². The average Bonchev–Trinajstić information content (AvgIpc) is 2.86. The van der Waals surface area contributed by atoms with Gasteiger partial charge in [-0.1, -0.05) is 93.3 Å². The van der Waals surface area contributed by atoms with Crippen molar-refractivity contribution < 1.29 is 23.4 Å². The Morgan fingerprint density at radius 3 is 2.15 bits per heavy atom. The molecule has 0 saturated carbocycles. The van der Waals surface area contributed by atoms with Crippen molar-refractivity contribution in [3.63, 3.8) is 0 Å². The normalized spacial score (nSPS) is 17.4. The maximum absolute atomic E-state index is 12.8. The van der Waals surface area contributed by atoms with Crippen LogP contribution in [-0.4, -0.2) is 47.0 Å². The quantitative estimate of drug-likeness (QED) is 0.324. The Kier molecular flexibility index (Phi) is 9.49. The molecule has 1 heterocycles. The van der Waals surface area contributed by atoms with E-state index in [9.17, 15) is 4.79 Å². The van der Waals surface area contributed by atoms with Crippen LogP contribution in [0.1, 0.15) is 46.5 Å². The van der Waals surface area contributed by atoms with E-state index < -0.39 is 20.4 Å². The van der Waals surface area contributed by atoms with Gasteiger partial charge in [0.25, 0.3) is 8.32 Å². The second kappa shape index (κ2) is 12.3. The van der Waals surface area contributed by atoms with Gasteiger partial charge in [-0.3, -0.25) is 0 Å². The second-order valence-electron chi connectivity index (χ2n) is 9.46. The zero-order chi connectivity index (χ0) is 24.4. The third-order valence-corrected chi connectivity index (χ3v) is 11.1. The zero-order valence-corrected chi connectivity index (χ0v) is 21.7. The number of carbonyl (C=O) groups excluding carboxylic acids is 1. The maximum atomic E-state index is 12.8. The van der Waals surface area contributed by atoms with Gasteiger partial charge in [0.05, 0.1) is 7.11 Å². The Morgan fingerprint density at radius 1 is 1.03 bits per heavy atom. The van der Waals surface area contributed by atoms with E-state index in [1.54, 1.807) is 0 Å². The fourth-order valence-corrected chi connectivity index (χ4v) is 9.02. The molecule has 0 amide bonds. The molecule has 5 nitrogen and oxygen atoms in total. The molecule has 2 aromatic carbocycles. The lowest BCUT2D eigenvalue weighted by atomic mass is 10.2. The Labute approximate surface area is 204 Å². The lowest BCUT2D eigenvalue weighted by molar-refractivity contribution is -0.154. The fraction of sp³-hybridized carbons (Fsp3) is 0.464. The van der Waals surface area contributed by atoms with Crippen LogP contribution in [-0.2, 0) is 23.4 Å². The molecule has 0 aliphatic carbocycles. The van der Waals surface area contributed by atoms with Crippen molar-refractivity contribution >= 4 is 24.7 Å². The third-order valence-electron chi connectivity index (χ3n) is 6.09. The molecule has 1 aliphatic heterocycles. The molecule has 0 spiro atoms. The van der Waals surface area contributed by atoms with Crippen LogP contribution in [0.3, 0.4) is 0 Å². The van der Waals surface area contributed by atoms with Crippen LogP contribution < -0.4 is 10.4 Å². The van der Waals surface area contributed by atoms with Crippen molar-refractivity contribution in [2.45, 2.75) is 63.9 Å². The summed E-state index contributed by atoms with van der Waals surface area (Å²) >= 11 is 0. The van der Waals surface area contributed by atoms with Crippen LogP contribution in [0.2, 0.25) is 5.04 Å². The van der Waals surface area contributed by atoms with Gasteiger partial charge in [0.1, 0.15) is 6.61 Å². The molecular weight excluding hydrogens is 444 g/mol. The van der Waals surface area contributed by atoms with Crippen molar-refractivity contribution in [3.05, 3.63) is 60.7 Å². The van der Waals surface area contributed by atoms with Gasteiger partial charge in [-0.25, -0.2) is 4.79 Å². The highest BCUT2D eigenvalue weighted by Crippen LogP contribution is 2.37. The number of ether oxygens (including phenoxy) is 3. The molecule has 0 aromatic heterocycles. The first kappa shape index (κ1) is 26.2. The first-order chi connectivity index (χ1) is 16.4. The van der Waals surface area contributed by atoms with Gasteiger partial charge >= 0.3 is 5.97 Å². The maximum Gasteiger partial charge on any atom is 0.334 e. The minimum absolute atomic E-state index is 0.187.